The Morgan fingerprint density at radius 3 is 2.44 bits per heavy atom. The van der Waals surface area contributed by atoms with Crippen molar-refractivity contribution in [3.05, 3.63) is 28.8 Å². The Labute approximate surface area is 93.8 Å². The normalized spacial score (nSPS) is 10.2. The first-order chi connectivity index (χ1) is 7.40. The molecule has 0 saturated carbocycles. The summed E-state index contributed by atoms with van der Waals surface area (Å²) in [5.41, 5.74) is -0.285. The van der Waals surface area contributed by atoms with Gasteiger partial charge in [0, 0.05) is 10.7 Å². The van der Waals surface area contributed by atoms with Crippen molar-refractivity contribution in [1.29, 1.82) is 0 Å². The standard InChI is InChI=1S/C9H6ClF2NO3/c10-5-1-4(9(15)16)2-6(3-5)13-8(14)7(11)12/h1-3,7H,(H,13,14)(H,15,16). The van der Waals surface area contributed by atoms with Gasteiger partial charge in [0.1, 0.15) is 0 Å². The molecule has 0 bridgehead atoms. The maximum absolute atomic E-state index is 11.9. The van der Waals surface area contributed by atoms with E-state index in [1.807, 2.05) is 5.32 Å². The van der Waals surface area contributed by atoms with Crippen molar-refractivity contribution in [2.45, 2.75) is 6.43 Å². The van der Waals surface area contributed by atoms with Crippen LogP contribution in [0, 0.1) is 0 Å². The van der Waals surface area contributed by atoms with Gasteiger partial charge in [-0.05, 0) is 18.2 Å². The molecule has 86 valence electrons. The third-order valence-corrected chi connectivity index (χ3v) is 1.83. The van der Waals surface area contributed by atoms with Crippen LogP contribution >= 0.6 is 11.6 Å². The molecule has 0 atom stereocenters. The van der Waals surface area contributed by atoms with Crippen LogP contribution in [0.2, 0.25) is 5.02 Å². The second-order valence-electron chi connectivity index (χ2n) is 2.82. The molecule has 1 aromatic rings. The monoisotopic (exact) mass is 249 g/mol. The lowest BCUT2D eigenvalue weighted by atomic mass is 10.2. The molecule has 7 heteroatoms. The first-order valence-electron chi connectivity index (χ1n) is 4.03. The fourth-order valence-corrected chi connectivity index (χ4v) is 1.22. The van der Waals surface area contributed by atoms with Crippen molar-refractivity contribution in [3.8, 4) is 0 Å². The lowest BCUT2D eigenvalue weighted by Crippen LogP contribution is -2.20. The largest absolute Gasteiger partial charge is 0.478 e. The van der Waals surface area contributed by atoms with E-state index in [1.54, 1.807) is 0 Å². The SMILES string of the molecule is O=C(O)c1cc(Cl)cc(NC(=O)C(F)F)c1. The van der Waals surface area contributed by atoms with Crippen molar-refractivity contribution in [2.24, 2.45) is 0 Å². The predicted molar refractivity (Wildman–Crippen MR) is 53.0 cm³/mol. The van der Waals surface area contributed by atoms with Crippen molar-refractivity contribution in [3.63, 3.8) is 0 Å². The zero-order valence-electron chi connectivity index (χ0n) is 7.71. The number of halogens is 3. The summed E-state index contributed by atoms with van der Waals surface area (Å²) in [6.07, 6.45) is -3.17. The van der Waals surface area contributed by atoms with Crippen molar-refractivity contribution < 1.29 is 23.5 Å². The molecular weight excluding hydrogens is 244 g/mol. The van der Waals surface area contributed by atoms with Gasteiger partial charge in [-0.3, -0.25) is 4.79 Å². The predicted octanol–water partition coefficient (Wildman–Crippen LogP) is 2.24. The number of benzene rings is 1. The minimum absolute atomic E-state index is 0.0319. The van der Waals surface area contributed by atoms with E-state index in [0.717, 1.165) is 12.1 Å². The summed E-state index contributed by atoms with van der Waals surface area (Å²) in [6.45, 7) is 0. The molecule has 0 aliphatic carbocycles. The van der Waals surface area contributed by atoms with Crippen LogP contribution < -0.4 is 5.32 Å². The molecular formula is C9H6ClF2NO3. The lowest BCUT2D eigenvalue weighted by Gasteiger charge is -2.06. The topological polar surface area (TPSA) is 66.4 Å². The van der Waals surface area contributed by atoms with Gasteiger partial charge in [0.15, 0.2) is 0 Å². The number of carbonyl (C=O) groups excluding carboxylic acids is 1. The molecule has 0 fully saturated rings. The highest BCUT2D eigenvalue weighted by atomic mass is 35.5. The highest BCUT2D eigenvalue weighted by Crippen LogP contribution is 2.19. The smallest absolute Gasteiger partial charge is 0.335 e. The average molecular weight is 250 g/mol. The van der Waals surface area contributed by atoms with E-state index in [1.165, 1.54) is 6.07 Å². The van der Waals surface area contributed by atoms with E-state index >= 15 is 0 Å². The van der Waals surface area contributed by atoms with E-state index in [-0.39, 0.29) is 16.3 Å². The molecule has 1 amide bonds. The number of amides is 1. The number of hydrogen-bond donors (Lipinski definition) is 2. The summed E-state index contributed by atoms with van der Waals surface area (Å²) in [7, 11) is 0. The number of rotatable bonds is 3. The van der Waals surface area contributed by atoms with Crippen molar-refractivity contribution in [2.75, 3.05) is 5.32 Å². The molecule has 0 aliphatic rings. The molecule has 4 nitrogen and oxygen atoms in total. The Balaban J connectivity index is 2.97. The third kappa shape index (κ3) is 3.16. The number of hydrogen-bond acceptors (Lipinski definition) is 2. The summed E-state index contributed by atoms with van der Waals surface area (Å²) < 4.78 is 23.8. The fraction of sp³-hybridized carbons (Fsp3) is 0.111. The minimum atomic E-state index is -3.17. The van der Waals surface area contributed by atoms with Gasteiger partial charge in [0.2, 0.25) is 0 Å². The van der Waals surface area contributed by atoms with Crippen molar-refractivity contribution in [1.82, 2.24) is 0 Å². The second kappa shape index (κ2) is 4.89. The van der Waals surface area contributed by atoms with Crippen LogP contribution in [0.1, 0.15) is 10.4 Å². The van der Waals surface area contributed by atoms with Crippen LogP contribution in [0.25, 0.3) is 0 Å². The van der Waals surface area contributed by atoms with Gasteiger partial charge >= 0.3 is 12.4 Å². The van der Waals surface area contributed by atoms with Gasteiger partial charge in [-0.25, -0.2) is 4.79 Å². The lowest BCUT2D eigenvalue weighted by molar-refractivity contribution is -0.126. The Hall–Kier alpha value is -1.69. The maximum Gasteiger partial charge on any atom is 0.335 e. The second-order valence-corrected chi connectivity index (χ2v) is 3.26. The zero-order valence-corrected chi connectivity index (χ0v) is 8.46. The number of carboxylic acid groups (broad SMARTS) is 1. The Morgan fingerprint density at radius 2 is 1.94 bits per heavy atom. The first-order valence-corrected chi connectivity index (χ1v) is 4.41. The summed E-state index contributed by atoms with van der Waals surface area (Å²) in [5.74, 6) is -2.78. The van der Waals surface area contributed by atoms with Crippen LogP contribution in [0.5, 0.6) is 0 Å². The Kier molecular flexibility index (Phi) is 3.78. The summed E-state index contributed by atoms with van der Waals surface area (Å²) in [6, 6.07) is 3.35. The van der Waals surface area contributed by atoms with Gasteiger partial charge < -0.3 is 10.4 Å². The quantitative estimate of drug-likeness (QED) is 0.863. The van der Waals surface area contributed by atoms with Crippen molar-refractivity contribution >= 4 is 29.2 Å². The summed E-state index contributed by atoms with van der Waals surface area (Å²) in [4.78, 5) is 21.3. The Morgan fingerprint density at radius 1 is 1.31 bits per heavy atom. The molecule has 1 rings (SSSR count). The van der Waals surface area contributed by atoms with Gasteiger partial charge in [0.05, 0.1) is 5.56 Å². The Bertz CT molecular complexity index is 437. The van der Waals surface area contributed by atoms with Crippen LogP contribution in [-0.4, -0.2) is 23.4 Å². The number of nitrogens with one attached hydrogen (secondary N) is 1. The number of carbonyl (C=O) groups is 2. The maximum atomic E-state index is 11.9. The molecule has 16 heavy (non-hydrogen) atoms. The first kappa shape index (κ1) is 12.4. The van der Waals surface area contributed by atoms with Gasteiger partial charge in [0.25, 0.3) is 5.91 Å². The molecule has 2 N–H and O–H groups in total. The number of alkyl halides is 2. The number of anilines is 1. The fourth-order valence-electron chi connectivity index (χ4n) is 0.982. The summed E-state index contributed by atoms with van der Waals surface area (Å²) >= 11 is 5.55. The molecule has 0 unspecified atom stereocenters. The molecule has 0 saturated heterocycles. The van der Waals surface area contributed by atoms with Gasteiger partial charge in [-0.2, -0.15) is 8.78 Å². The van der Waals surface area contributed by atoms with E-state index < -0.39 is 18.3 Å². The van der Waals surface area contributed by atoms with Crippen LogP contribution in [-0.2, 0) is 4.79 Å². The molecule has 0 radical (unpaired) electrons. The van der Waals surface area contributed by atoms with E-state index in [9.17, 15) is 18.4 Å². The highest BCUT2D eigenvalue weighted by molar-refractivity contribution is 6.31. The van der Waals surface area contributed by atoms with E-state index in [0.29, 0.717) is 0 Å². The number of carboxylic acids is 1. The summed E-state index contributed by atoms with van der Waals surface area (Å²) in [5, 5.41) is 10.5. The third-order valence-electron chi connectivity index (χ3n) is 1.61. The van der Waals surface area contributed by atoms with Crippen LogP contribution in [0.15, 0.2) is 18.2 Å². The average Bonchev–Trinajstić information content (AvgIpc) is 2.16. The van der Waals surface area contributed by atoms with E-state index in [2.05, 4.69) is 0 Å². The molecule has 1 aromatic carbocycles. The highest BCUT2D eigenvalue weighted by Gasteiger charge is 2.16. The number of aromatic carboxylic acids is 1. The van der Waals surface area contributed by atoms with Crippen LogP contribution in [0.4, 0.5) is 14.5 Å². The minimum Gasteiger partial charge on any atom is -0.478 e. The molecule has 0 heterocycles. The molecule has 0 spiro atoms. The molecule has 0 aliphatic heterocycles. The van der Waals surface area contributed by atoms with Gasteiger partial charge in [-0.15, -0.1) is 0 Å². The van der Waals surface area contributed by atoms with Gasteiger partial charge in [-0.1, -0.05) is 11.6 Å². The zero-order chi connectivity index (χ0) is 12.3. The molecule has 0 aromatic heterocycles. The van der Waals surface area contributed by atoms with E-state index in [4.69, 9.17) is 16.7 Å². The van der Waals surface area contributed by atoms with Crippen LogP contribution in [0.3, 0.4) is 0 Å².